The van der Waals surface area contributed by atoms with Crippen molar-refractivity contribution in [2.24, 2.45) is 5.92 Å². The van der Waals surface area contributed by atoms with Gasteiger partial charge in [0.1, 0.15) is 5.75 Å². The molecule has 0 radical (unpaired) electrons. The third-order valence-electron chi connectivity index (χ3n) is 3.94. The molecule has 0 spiro atoms. The molecule has 0 unspecified atom stereocenters. The summed E-state index contributed by atoms with van der Waals surface area (Å²) < 4.78 is 5.65. The van der Waals surface area contributed by atoms with Crippen molar-refractivity contribution in [3.63, 3.8) is 0 Å². The molecule has 0 N–H and O–H groups in total. The Bertz CT molecular complexity index is 456. The van der Waals surface area contributed by atoms with Gasteiger partial charge in [-0.1, -0.05) is 27.7 Å². The summed E-state index contributed by atoms with van der Waals surface area (Å²) in [5.41, 5.74) is 2.01. The fourth-order valence-corrected chi connectivity index (χ4v) is 2.57. The van der Waals surface area contributed by atoms with E-state index in [1.807, 2.05) is 18.2 Å². The number of fused-ring (bicyclic) bond motifs is 1. The van der Waals surface area contributed by atoms with Crippen molar-refractivity contribution in [2.75, 3.05) is 6.61 Å². The molecule has 0 bridgehead atoms. The summed E-state index contributed by atoms with van der Waals surface area (Å²) >= 11 is 0. The molecule has 2 nitrogen and oxygen atoms in total. The van der Waals surface area contributed by atoms with Crippen molar-refractivity contribution in [1.29, 1.82) is 0 Å². The molecule has 1 aromatic rings. The van der Waals surface area contributed by atoms with E-state index in [-0.39, 0.29) is 17.1 Å². The molecule has 0 aliphatic carbocycles. The van der Waals surface area contributed by atoms with E-state index >= 15 is 0 Å². The second-order valence-electron chi connectivity index (χ2n) is 5.76. The number of carbonyl (C=O) groups is 1. The zero-order chi connectivity index (χ0) is 13.3. The molecular weight excluding hydrogens is 224 g/mol. The van der Waals surface area contributed by atoms with Crippen LogP contribution >= 0.6 is 0 Å². The van der Waals surface area contributed by atoms with Crippen molar-refractivity contribution in [3.8, 4) is 5.75 Å². The largest absolute Gasteiger partial charge is 0.492 e. The number of carbonyl (C=O) groups excluding carboxylic acids is 1. The lowest BCUT2D eigenvalue weighted by molar-refractivity contribution is 0.0913. The molecule has 2 heteroatoms. The van der Waals surface area contributed by atoms with Crippen LogP contribution in [0.5, 0.6) is 5.75 Å². The lowest BCUT2D eigenvalue weighted by atomic mass is 9.84. The van der Waals surface area contributed by atoms with Gasteiger partial charge < -0.3 is 4.74 Å². The zero-order valence-electron chi connectivity index (χ0n) is 11.7. The highest BCUT2D eigenvalue weighted by Gasteiger charge is 2.32. The Morgan fingerprint density at radius 1 is 1.33 bits per heavy atom. The van der Waals surface area contributed by atoms with E-state index in [0.29, 0.717) is 6.61 Å². The first-order valence-corrected chi connectivity index (χ1v) is 6.81. The summed E-state index contributed by atoms with van der Waals surface area (Å²) in [6.07, 6.45) is 1.82. The Hall–Kier alpha value is -1.31. The predicted molar refractivity (Wildman–Crippen MR) is 73.4 cm³/mol. The summed E-state index contributed by atoms with van der Waals surface area (Å²) in [4.78, 5) is 12.4. The number of rotatable bonds is 4. The molecule has 0 aromatic heterocycles. The van der Waals surface area contributed by atoms with Gasteiger partial charge in [-0.25, -0.2) is 0 Å². The SMILES string of the molecule is CCC(CC)C(=O)c1ccc2c(c1)C(C)(C)CO2. The van der Waals surface area contributed by atoms with Crippen LogP contribution in [0.3, 0.4) is 0 Å². The Labute approximate surface area is 109 Å². The van der Waals surface area contributed by atoms with Crippen LogP contribution in [0.4, 0.5) is 0 Å². The molecule has 1 heterocycles. The van der Waals surface area contributed by atoms with E-state index < -0.39 is 0 Å². The van der Waals surface area contributed by atoms with Crippen LogP contribution < -0.4 is 4.74 Å². The van der Waals surface area contributed by atoms with E-state index in [0.717, 1.165) is 24.2 Å². The van der Waals surface area contributed by atoms with Gasteiger partial charge in [-0.15, -0.1) is 0 Å². The summed E-state index contributed by atoms with van der Waals surface area (Å²) in [7, 11) is 0. The van der Waals surface area contributed by atoms with Crippen molar-refractivity contribution >= 4 is 5.78 Å². The standard InChI is InChI=1S/C16H22O2/c1-5-11(6-2)15(17)12-7-8-14-13(9-12)16(3,4)10-18-14/h7-9,11H,5-6,10H2,1-4H3. The average molecular weight is 246 g/mol. The van der Waals surface area contributed by atoms with Crippen LogP contribution in [0.1, 0.15) is 56.5 Å². The maximum atomic E-state index is 12.4. The minimum atomic E-state index is 0.0134. The molecule has 2 rings (SSSR count). The van der Waals surface area contributed by atoms with Crippen LogP contribution in [0.15, 0.2) is 18.2 Å². The van der Waals surface area contributed by atoms with Crippen molar-refractivity contribution < 1.29 is 9.53 Å². The molecule has 18 heavy (non-hydrogen) atoms. The van der Waals surface area contributed by atoms with Crippen LogP contribution in [-0.4, -0.2) is 12.4 Å². The van der Waals surface area contributed by atoms with Gasteiger partial charge in [0.25, 0.3) is 0 Å². The lowest BCUT2D eigenvalue weighted by Crippen LogP contribution is -2.19. The average Bonchev–Trinajstić information content (AvgIpc) is 2.66. The second-order valence-corrected chi connectivity index (χ2v) is 5.76. The number of benzene rings is 1. The van der Waals surface area contributed by atoms with Gasteiger partial charge in [-0.05, 0) is 31.0 Å². The topological polar surface area (TPSA) is 26.3 Å². The van der Waals surface area contributed by atoms with Crippen molar-refractivity contribution in [2.45, 2.75) is 46.0 Å². The number of hydrogen-bond donors (Lipinski definition) is 0. The first-order valence-electron chi connectivity index (χ1n) is 6.81. The van der Waals surface area contributed by atoms with Gasteiger partial charge >= 0.3 is 0 Å². The van der Waals surface area contributed by atoms with E-state index in [9.17, 15) is 4.79 Å². The molecule has 1 aliphatic heterocycles. The van der Waals surface area contributed by atoms with Crippen LogP contribution in [-0.2, 0) is 5.41 Å². The fraction of sp³-hybridized carbons (Fsp3) is 0.562. The summed E-state index contributed by atoms with van der Waals surface area (Å²) in [6.45, 7) is 9.17. The first kappa shape index (κ1) is 13.1. The normalized spacial score (nSPS) is 16.5. The quantitative estimate of drug-likeness (QED) is 0.751. The zero-order valence-corrected chi connectivity index (χ0v) is 11.7. The molecule has 0 saturated carbocycles. The van der Waals surface area contributed by atoms with E-state index in [2.05, 4.69) is 27.7 Å². The number of ether oxygens (including phenoxy) is 1. The fourth-order valence-electron chi connectivity index (χ4n) is 2.57. The molecule has 0 atom stereocenters. The molecular formula is C16H22O2. The van der Waals surface area contributed by atoms with E-state index in [4.69, 9.17) is 4.74 Å². The van der Waals surface area contributed by atoms with Crippen LogP contribution in [0.2, 0.25) is 0 Å². The van der Waals surface area contributed by atoms with Crippen molar-refractivity contribution in [3.05, 3.63) is 29.3 Å². The van der Waals surface area contributed by atoms with Crippen LogP contribution in [0, 0.1) is 5.92 Å². The molecule has 98 valence electrons. The van der Waals surface area contributed by atoms with Gasteiger partial charge in [0.2, 0.25) is 0 Å². The first-order chi connectivity index (χ1) is 8.49. The number of Topliss-reactive ketones (excluding diaryl/α,β-unsaturated/α-hetero) is 1. The molecule has 0 saturated heterocycles. The van der Waals surface area contributed by atoms with E-state index in [1.54, 1.807) is 0 Å². The highest BCUT2D eigenvalue weighted by Crippen LogP contribution is 2.39. The van der Waals surface area contributed by atoms with Gasteiger partial charge in [0, 0.05) is 22.5 Å². The monoisotopic (exact) mass is 246 g/mol. The predicted octanol–water partition coefficient (Wildman–Crippen LogP) is 3.98. The Kier molecular flexibility index (Phi) is 3.47. The maximum absolute atomic E-state index is 12.4. The maximum Gasteiger partial charge on any atom is 0.165 e. The molecule has 0 amide bonds. The number of ketones is 1. The van der Waals surface area contributed by atoms with Crippen molar-refractivity contribution in [1.82, 2.24) is 0 Å². The highest BCUT2D eigenvalue weighted by atomic mass is 16.5. The van der Waals surface area contributed by atoms with Crippen LogP contribution in [0.25, 0.3) is 0 Å². The summed E-state index contributed by atoms with van der Waals surface area (Å²) in [6, 6.07) is 5.88. The molecule has 0 fully saturated rings. The Morgan fingerprint density at radius 3 is 2.61 bits per heavy atom. The Morgan fingerprint density at radius 2 is 2.00 bits per heavy atom. The van der Waals surface area contributed by atoms with Gasteiger partial charge in [0.15, 0.2) is 5.78 Å². The third-order valence-corrected chi connectivity index (χ3v) is 3.94. The third kappa shape index (κ3) is 2.16. The van der Waals surface area contributed by atoms with Gasteiger partial charge in [0.05, 0.1) is 6.61 Å². The smallest absolute Gasteiger partial charge is 0.165 e. The molecule has 1 aliphatic rings. The highest BCUT2D eigenvalue weighted by molar-refractivity contribution is 5.98. The summed E-state index contributed by atoms with van der Waals surface area (Å²) in [5, 5.41) is 0. The second kappa shape index (κ2) is 4.75. The van der Waals surface area contributed by atoms with E-state index in [1.165, 1.54) is 5.56 Å². The number of hydrogen-bond acceptors (Lipinski definition) is 2. The Balaban J connectivity index is 2.35. The minimum Gasteiger partial charge on any atom is -0.492 e. The van der Waals surface area contributed by atoms with Gasteiger partial charge in [-0.2, -0.15) is 0 Å². The minimum absolute atomic E-state index is 0.0134. The molecule has 1 aromatic carbocycles. The summed E-state index contributed by atoms with van der Waals surface area (Å²) in [5.74, 6) is 1.35. The van der Waals surface area contributed by atoms with Gasteiger partial charge in [-0.3, -0.25) is 4.79 Å². The lowest BCUT2D eigenvalue weighted by Gasteiger charge is -2.17.